The fourth-order valence-corrected chi connectivity index (χ4v) is 12.6. The van der Waals surface area contributed by atoms with E-state index in [2.05, 4.69) is 27.7 Å². The molecule has 19 heteroatoms. The second-order valence-electron chi connectivity index (χ2n) is 26.0. The number of carbonyl (C=O) groups is 4. The molecule has 3 N–H and O–H groups in total. The van der Waals surface area contributed by atoms with Crippen LogP contribution in [0.5, 0.6) is 0 Å². The summed E-state index contributed by atoms with van der Waals surface area (Å²) in [6.45, 7) is 4.96. The van der Waals surface area contributed by atoms with Crippen molar-refractivity contribution in [2.75, 3.05) is 39.6 Å². The first-order chi connectivity index (χ1) is 44.2. The Kier molecular flexibility index (Phi) is 65.2. The second kappa shape index (κ2) is 66.7. The van der Waals surface area contributed by atoms with Crippen LogP contribution in [0.1, 0.15) is 381 Å². The molecule has 0 rings (SSSR count). The zero-order valence-corrected chi connectivity index (χ0v) is 60.6. The lowest BCUT2D eigenvalue weighted by Crippen LogP contribution is -2.30. The lowest BCUT2D eigenvalue weighted by Gasteiger charge is -2.21. The molecule has 540 valence electrons. The molecule has 0 aliphatic carbocycles. The van der Waals surface area contributed by atoms with Gasteiger partial charge in [0.1, 0.15) is 19.3 Å². The first kappa shape index (κ1) is 89.1. The largest absolute Gasteiger partial charge is 0.472 e. The van der Waals surface area contributed by atoms with Gasteiger partial charge in [0.2, 0.25) is 0 Å². The summed E-state index contributed by atoms with van der Waals surface area (Å²) in [5.74, 6) is -2.11. The maximum absolute atomic E-state index is 13.0. The standard InChI is InChI=1S/C72H140O17P2/c1-5-9-13-17-21-25-29-32-33-34-35-39-43-47-51-55-59-72(77)89-68(63-83-70(75)57-53-49-45-41-37-30-26-22-18-14-10-6-2)65-87-91(80,81)85-61-66(73)60-84-90(78,79)86-64-67(62-82-69(74)56-52-48-44-40-36-28-24-20-16-12-8-4)88-71(76)58-54-50-46-42-38-31-27-23-19-15-11-7-3/h66-68,73H,5-65H2,1-4H3,(H,78,79)(H,80,81)/t66-,67+,68+/m0/s1. The van der Waals surface area contributed by atoms with Crippen molar-refractivity contribution in [3.05, 3.63) is 0 Å². The van der Waals surface area contributed by atoms with Gasteiger partial charge in [-0.15, -0.1) is 0 Å². The number of ether oxygens (including phenoxy) is 4. The number of aliphatic hydroxyl groups is 1. The summed E-state index contributed by atoms with van der Waals surface area (Å²) in [7, 11) is -9.90. The molecule has 0 radical (unpaired) electrons. The summed E-state index contributed by atoms with van der Waals surface area (Å²) in [6, 6.07) is 0. The zero-order chi connectivity index (χ0) is 66.8. The molecule has 0 bridgehead atoms. The molecular weight excluding hydrogens is 1200 g/mol. The molecular formula is C72H140O17P2. The molecule has 0 aromatic carbocycles. The molecule has 0 saturated carbocycles. The first-order valence-electron chi connectivity index (χ1n) is 37.8. The quantitative estimate of drug-likeness (QED) is 0.0222. The van der Waals surface area contributed by atoms with E-state index in [1.165, 1.54) is 212 Å². The summed E-state index contributed by atoms with van der Waals surface area (Å²) in [5.41, 5.74) is 0. The number of aliphatic hydroxyl groups excluding tert-OH is 1. The molecule has 0 heterocycles. The van der Waals surface area contributed by atoms with E-state index in [9.17, 15) is 43.2 Å². The Morgan fingerprint density at radius 3 is 0.648 bits per heavy atom. The molecule has 17 nitrogen and oxygen atoms in total. The number of rotatable bonds is 73. The van der Waals surface area contributed by atoms with Gasteiger partial charge in [-0.2, -0.15) is 0 Å². The van der Waals surface area contributed by atoms with Gasteiger partial charge in [0, 0.05) is 25.7 Å². The molecule has 0 aliphatic rings. The number of phosphoric acid groups is 2. The van der Waals surface area contributed by atoms with E-state index in [4.69, 9.17) is 37.0 Å². The van der Waals surface area contributed by atoms with Crippen molar-refractivity contribution >= 4 is 39.5 Å². The molecule has 0 amide bonds. The molecule has 5 atom stereocenters. The van der Waals surface area contributed by atoms with Gasteiger partial charge in [0.05, 0.1) is 26.4 Å². The van der Waals surface area contributed by atoms with Crippen LogP contribution in [0.15, 0.2) is 0 Å². The van der Waals surface area contributed by atoms with Crippen molar-refractivity contribution in [3.63, 3.8) is 0 Å². The van der Waals surface area contributed by atoms with Gasteiger partial charge in [-0.25, -0.2) is 9.13 Å². The van der Waals surface area contributed by atoms with Crippen LogP contribution in [0.25, 0.3) is 0 Å². The van der Waals surface area contributed by atoms with Crippen molar-refractivity contribution in [2.24, 2.45) is 0 Å². The van der Waals surface area contributed by atoms with Gasteiger partial charge >= 0.3 is 39.5 Å². The van der Waals surface area contributed by atoms with E-state index < -0.39 is 97.5 Å². The van der Waals surface area contributed by atoms with E-state index in [0.717, 1.165) is 89.9 Å². The monoisotopic (exact) mass is 1340 g/mol. The van der Waals surface area contributed by atoms with Gasteiger partial charge in [0.15, 0.2) is 12.2 Å². The lowest BCUT2D eigenvalue weighted by molar-refractivity contribution is -0.161. The van der Waals surface area contributed by atoms with Crippen LogP contribution in [-0.4, -0.2) is 96.7 Å². The number of esters is 4. The van der Waals surface area contributed by atoms with Crippen LogP contribution in [0, 0.1) is 0 Å². The third-order valence-corrected chi connectivity index (χ3v) is 18.8. The van der Waals surface area contributed by atoms with Crippen LogP contribution >= 0.6 is 15.6 Å². The molecule has 0 aliphatic heterocycles. The fraction of sp³-hybridized carbons (Fsp3) is 0.944. The van der Waals surface area contributed by atoms with Gasteiger partial charge in [-0.1, -0.05) is 329 Å². The Morgan fingerprint density at radius 2 is 0.440 bits per heavy atom. The third-order valence-electron chi connectivity index (χ3n) is 16.9. The Balaban J connectivity index is 5.24. The zero-order valence-electron chi connectivity index (χ0n) is 58.8. The first-order valence-corrected chi connectivity index (χ1v) is 40.8. The van der Waals surface area contributed by atoms with Crippen molar-refractivity contribution < 1.29 is 80.2 Å². The minimum absolute atomic E-state index is 0.108. The predicted molar refractivity (Wildman–Crippen MR) is 368 cm³/mol. The Hall–Kier alpha value is -1.94. The molecule has 0 aromatic heterocycles. The molecule has 0 spiro atoms. The van der Waals surface area contributed by atoms with Crippen LogP contribution in [0.4, 0.5) is 0 Å². The number of carbonyl (C=O) groups excluding carboxylic acids is 4. The van der Waals surface area contributed by atoms with E-state index in [1.54, 1.807) is 0 Å². The highest BCUT2D eigenvalue weighted by molar-refractivity contribution is 7.47. The lowest BCUT2D eigenvalue weighted by atomic mass is 10.0. The molecule has 0 saturated heterocycles. The van der Waals surface area contributed by atoms with Crippen LogP contribution in [-0.2, 0) is 65.4 Å². The summed E-state index contributed by atoms with van der Waals surface area (Å²) in [5, 5.41) is 10.6. The van der Waals surface area contributed by atoms with E-state index in [0.29, 0.717) is 25.7 Å². The van der Waals surface area contributed by atoms with Gasteiger partial charge < -0.3 is 33.8 Å². The van der Waals surface area contributed by atoms with Gasteiger partial charge in [0.25, 0.3) is 0 Å². The summed E-state index contributed by atoms with van der Waals surface area (Å²) in [6.07, 6.45) is 55.2. The predicted octanol–water partition coefficient (Wildman–Crippen LogP) is 21.1. The number of hydrogen-bond donors (Lipinski definition) is 3. The minimum atomic E-state index is -4.95. The molecule has 2 unspecified atom stereocenters. The summed E-state index contributed by atoms with van der Waals surface area (Å²) >= 11 is 0. The SMILES string of the molecule is CCCCCCCCCCCCCCCCCCC(=O)O[C@H](COC(=O)CCCCCCCCCCCCCC)COP(=O)(O)OC[C@@H](O)COP(=O)(O)OC[C@@H](COC(=O)CCCCCCCCCCCCC)OC(=O)CCCCCCCCCCCCCC. The van der Waals surface area contributed by atoms with Gasteiger partial charge in [-0.3, -0.25) is 37.3 Å². The van der Waals surface area contributed by atoms with Gasteiger partial charge in [-0.05, 0) is 25.7 Å². The van der Waals surface area contributed by atoms with Crippen LogP contribution < -0.4 is 0 Å². The minimum Gasteiger partial charge on any atom is -0.462 e. The maximum atomic E-state index is 13.0. The van der Waals surface area contributed by atoms with E-state index >= 15 is 0 Å². The van der Waals surface area contributed by atoms with Crippen LogP contribution in [0.3, 0.4) is 0 Å². The van der Waals surface area contributed by atoms with E-state index in [1.807, 2.05) is 0 Å². The number of hydrogen-bond acceptors (Lipinski definition) is 15. The Morgan fingerprint density at radius 1 is 0.264 bits per heavy atom. The topological polar surface area (TPSA) is 237 Å². The maximum Gasteiger partial charge on any atom is 0.472 e. The van der Waals surface area contributed by atoms with Crippen molar-refractivity contribution in [3.8, 4) is 0 Å². The number of unbranched alkanes of at least 4 members (excludes halogenated alkanes) is 47. The summed E-state index contributed by atoms with van der Waals surface area (Å²) < 4.78 is 68.4. The summed E-state index contributed by atoms with van der Waals surface area (Å²) in [4.78, 5) is 72.6. The average Bonchev–Trinajstić information content (AvgIpc) is 3.70. The Labute approximate surface area is 556 Å². The normalized spacial score (nSPS) is 14.0. The molecule has 91 heavy (non-hydrogen) atoms. The number of phosphoric ester groups is 2. The average molecular weight is 1340 g/mol. The smallest absolute Gasteiger partial charge is 0.462 e. The highest BCUT2D eigenvalue weighted by atomic mass is 31.2. The van der Waals surface area contributed by atoms with E-state index in [-0.39, 0.29) is 25.7 Å². The van der Waals surface area contributed by atoms with Crippen molar-refractivity contribution in [1.82, 2.24) is 0 Å². The second-order valence-corrected chi connectivity index (χ2v) is 28.9. The molecule has 0 fully saturated rings. The van der Waals surface area contributed by atoms with Crippen molar-refractivity contribution in [2.45, 2.75) is 399 Å². The highest BCUT2D eigenvalue weighted by Crippen LogP contribution is 2.45. The Bertz CT molecular complexity index is 1740. The molecule has 0 aromatic rings. The van der Waals surface area contributed by atoms with Crippen molar-refractivity contribution in [1.29, 1.82) is 0 Å². The van der Waals surface area contributed by atoms with Crippen LogP contribution in [0.2, 0.25) is 0 Å². The third kappa shape index (κ3) is 66.5. The fourth-order valence-electron chi connectivity index (χ4n) is 11.0. The highest BCUT2D eigenvalue weighted by Gasteiger charge is 2.30.